The zero-order valence-electron chi connectivity index (χ0n) is 13.4. The smallest absolute Gasteiger partial charge is 0.326 e. The van der Waals surface area contributed by atoms with Gasteiger partial charge in [0.1, 0.15) is 6.54 Å². The Morgan fingerprint density at radius 3 is 2.22 bits per heavy atom. The summed E-state index contributed by atoms with van der Waals surface area (Å²) in [6.07, 6.45) is 0.551. The second-order valence-corrected chi connectivity index (χ2v) is 6.88. The van der Waals surface area contributed by atoms with E-state index in [1.807, 2.05) is 13.8 Å². The third kappa shape index (κ3) is 1.93. The predicted molar refractivity (Wildman–Crippen MR) is 78.3 cm³/mol. The lowest BCUT2D eigenvalue weighted by atomic mass is 9.90. The van der Waals surface area contributed by atoms with Gasteiger partial charge in [0, 0.05) is 23.0 Å². The first-order chi connectivity index (χ1) is 10.8. The molecular formula is C16H21NO6. The molecule has 1 aromatic heterocycles. The van der Waals surface area contributed by atoms with E-state index < -0.39 is 11.8 Å². The highest BCUT2D eigenvalue weighted by Gasteiger charge is 2.61. The van der Waals surface area contributed by atoms with Crippen molar-refractivity contribution in [3.8, 4) is 11.8 Å². The van der Waals surface area contributed by atoms with Gasteiger partial charge < -0.3 is 24.4 Å². The van der Waals surface area contributed by atoms with Crippen LogP contribution in [-0.2, 0) is 25.5 Å². The first kappa shape index (κ1) is 14.8. The Balaban J connectivity index is 1.70. The Hall–Kier alpha value is -1.73. The maximum atomic E-state index is 11.7. The Kier molecular flexibility index (Phi) is 2.99. The van der Waals surface area contributed by atoms with Crippen LogP contribution in [0.25, 0.3) is 0 Å². The molecule has 1 aliphatic heterocycles. The van der Waals surface area contributed by atoms with Crippen LogP contribution in [0.5, 0.6) is 11.8 Å². The summed E-state index contributed by atoms with van der Waals surface area (Å²) < 4.78 is 18.1. The highest BCUT2D eigenvalue weighted by atomic mass is 16.8. The van der Waals surface area contributed by atoms with Gasteiger partial charge in [-0.1, -0.05) is 0 Å². The van der Waals surface area contributed by atoms with E-state index in [2.05, 4.69) is 0 Å². The largest absolute Gasteiger partial charge is 0.494 e. The molecule has 126 valence electrons. The van der Waals surface area contributed by atoms with E-state index in [0.29, 0.717) is 11.1 Å². The Bertz CT molecular complexity index is 635. The van der Waals surface area contributed by atoms with Gasteiger partial charge >= 0.3 is 5.97 Å². The molecule has 1 saturated heterocycles. The van der Waals surface area contributed by atoms with Crippen molar-refractivity contribution >= 4 is 5.97 Å². The zero-order chi connectivity index (χ0) is 16.5. The first-order valence-electron chi connectivity index (χ1n) is 7.99. The summed E-state index contributed by atoms with van der Waals surface area (Å²) in [5.41, 5.74) is 1.39. The normalized spacial score (nSPS) is 32.8. The number of carbonyl (C=O) groups excluding carboxylic acids is 1. The fourth-order valence-electron chi connectivity index (χ4n) is 4.39. The van der Waals surface area contributed by atoms with Crippen molar-refractivity contribution in [2.24, 2.45) is 0 Å². The molecule has 3 aliphatic rings. The molecule has 7 heteroatoms. The van der Waals surface area contributed by atoms with Crippen molar-refractivity contribution in [2.75, 3.05) is 6.61 Å². The molecule has 23 heavy (non-hydrogen) atoms. The van der Waals surface area contributed by atoms with E-state index in [0.717, 1.165) is 6.42 Å². The molecule has 0 amide bonds. The maximum absolute atomic E-state index is 11.7. The van der Waals surface area contributed by atoms with Crippen LogP contribution in [0.15, 0.2) is 0 Å². The molecular weight excluding hydrogens is 302 g/mol. The minimum Gasteiger partial charge on any atom is -0.494 e. The molecule has 2 N–H and O–H groups in total. The second kappa shape index (κ2) is 4.64. The number of nitrogens with zero attached hydrogens (tertiary/aromatic N) is 1. The average Bonchev–Trinajstić information content (AvgIpc) is 3.13. The third-order valence-corrected chi connectivity index (χ3v) is 5.08. The van der Waals surface area contributed by atoms with Crippen LogP contribution in [0.4, 0.5) is 0 Å². The lowest BCUT2D eigenvalue weighted by Gasteiger charge is -2.21. The fraction of sp³-hybridized carbons (Fsp3) is 0.688. The molecule has 0 aromatic carbocycles. The van der Waals surface area contributed by atoms with E-state index in [1.54, 1.807) is 6.92 Å². The van der Waals surface area contributed by atoms with Gasteiger partial charge in [0.05, 0.1) is 18.8 Å². The standard InChI is InChI=1S/C16H21NO6/c1-4-21-9(18)6-17-14(19)10-7-5-8(11(10)15(17)20)13-12(7)22-16(2,3)23-13/h7-8,12-13,19-20H,4-6H2,1-3H3/t7?,8?,12-,13+. The van der Waals surface area contributed by atoms with E-state index in [1.165, 1.54) is 4.57 Å². The van der Waals surface area contributed by atoms with Gasteiger partial charge in [-0.25, -0.2) is 0 Å². The minimum atomic E-state index is -0.651. The summed E-state index contributed by atoms with van der Waals surface area (Å²) in [5, 5.41) is 21.0. The van der Waals surface area contributed by atoms with Gasteiger partial charge in [-0.2, -0.15) is 0 Å². The molecule has 1 saturated carbocycles. The number of hydrogen-bond acceptors (Lipinski definition) is 6. The van der Waals surface area contributed by atoms with Crippen molar-refractivity contribution in [3.05, 3.63) is 11.1 Å². The molecule has 4 rings (SSSR count). The van der Waals surface area contributed by atoms with Gasteiger partial charge in [-0.3, -0.25) is 9.36 Å². The van der Waals surface area contributed by atoms with Crippen LogP contribution in [0.1, 0.15) is 50.2 Å². The number of fused-ring (bicyclic) bond motifs is 8. The number of ether oxygens (including phenoxy) is 3. The second-order valence-electron chi connectivity index (χ2n) is 6.88. The van der Waals surface area contributed by atoms with Gasteiger partial charge in [-0.15, -0.1) is 0 Å². The third-order valence-electron chi connectivity index (χ3n) is 5.08. The number of hydrogen-bond donors (Lipinski definition) is 2. The first-order valence-corrected chi connectivity index (χ1v) is 7.99. The summed E-state index contributed by atoms with van der Waals surface area (Å²) in [6.45, 7) is 5.51. The number of rotatable bonds is 3. The fourth-order valence-corrected chi connectivity index (χ4v) is 4.39. The average molecular weight is 323 g/mol. The van der Waals surface area contributed by atoms with Gasteiger partial charge in [-0.05, 0) is 27.2 Å². The molecule has 2 unspecified atom stereocenters. The van der Waals surface area contributed by atoms with Crippen molar-refractivity contribution < 1.29 is 29.2 Å². The van der Waals surface area contributed by atoms with Crippen molar-refractivity contribution in [2.45, 2.75) is 63.6 Å². The quantitative estimate of drug-likeness (QED) is 0.821. The van der Waals surface area contributed by atoms with Crippen LogP contribution in [0.2, 0.25) is 0 Å². The summed E-state index contributed by atoms with van der Waals surface area (Å²) in [4.78, 5) is 11.7. The molecule has 1 aromatic rings. The van der Waals surface area contributed by atoms with Crippen molar-refractivity contribution in [1.82, 2.24) is 4.57 Å². The summed E-state index contributed by atoms with van der Waals surface area (Å²) >= 11 is 0. The van der Waals surface area contributed by atoms with E-state index >= 15 is 0 Å². The SMILES string of the molecule is CCOC(=O)Cn1c(O)c2c(c1O)C1CC2[C@H]2OC(C)(C)O[C@@H]12. The Labute approximate surface area is 133 Å². The van der Waals surface area contributed by atoms with E-state index in [4.69, 9.17) is 14.2 Å². The lowest BCUT2D eigenvalue weighted by molar-refractivity contribution is -0.153. The van der Waals surface area contributed by atoms with Crippen molar-refractivity contribution in [3.63, 3.8) is 0 Å². The van der Waals surface area contributed by atoms with Crippen LogP contribution >= 0.6 is 0 Å². The van der Waals surface area contributed by atoms with Gasteiger partial charge in [0.2, 0.25) is 0 Å². The van der Waals surface area contributed by atoms with E-state index in [-0.39, 0.29) is 49.0 Å². The lowest BCUT2D eigenvalue weighted by Crippen LogP contribution is -2.27. The van der Waals surface area contributed by atoms with E-state index in [9.17, 15) is 15.0 Å². The topological polar surface area (TPSA) is 90.2 Å². The highest BCUT2D eigenvalue weighted by molar-refractivity contribution is 5.71. The molecule has 2 heterocycles. The van der Waals surface area contributed by atoms with Crippen LogP contribution in [0, 0.1) is 0 Å². The minimum absolute atomic E-state index is 0.0175. The summed E-state index contributed by atoms with van der Waals surface area (Å²) in [5.74, 6) is -1.31. The Morgan fingerprint density at radius 1 is 1.22 bits per heavy atom. The highest BCUT2D eigenvalue weighted by Crippen LogP contribution is 2.64. The molecule has 4 atom stereocenters. The summed E-state index contributed by atoms with van der Waals surface area (Å²) in [6, 6.07) is 0. The maximum Gasteiger partial charge on any atom is 0.326 e. The zero-order valence-corrected chi connectivity index (χ0v) is 13.4. The molecule has 7 nitrogen and oxygen atoms in total. The van der Waals surface area contributed by atoms with Gasteiger partial charge in [0.25, 0.3) is 0 Å². The molecule has 0 spiro atoms. The number of carbonyl (C=O) groups is 1. The number of esters is 1. The molecule has 2 fully saturated rings. The number of aromatic nitrogens is 1. The van der Waals surface area contributed by atoms with Crippen LogP contribution in [0.3, 0.4) is 0 Å². The molecule has 0 radical (unpaired) electrons. The Morgan fingerprint density at radius 2 is 1.74 bits per heavy atom. The van der Waals surface area contributed by atoms with Gasteiger partial charge in [0.15, 0.2) is 17.5 Å². The number of aromatic hydroxyl groups is 2. The van der Waals surface area contributed by atoms with Crippen LogP contribution in [-0.4, -0.2) is 45.4 Å². The van der Waals surface area contributed by atoms with Crippen molar-refractivity contribution in [1.29, 1.82) is 0 Å². The molecule has 2 bridgehead atoms. The monoisotopic (exact) mass is 323 g/mol. The van der Waals surface area contributed by atoms with Crippen LogP contribution < -0.4 is 0 Å². The molecule has 2 aliphatic carbocycles. The predicted octanol–water partition coefficient (Wildman–Crippen LogP) is 1.57. The summed E-state index contributed by atoms with van der Waals surface area (Å²) in [7, 11) is 0.